The van der Waals surface area contributed by atoms with Gasteiger partial charge in [-0.25, -0.2) is 22.2 Å². The molecule has 2 aromatic carbocycles. The molecule has 0 unspecified atom stereocenters. The van der Waals surface area contributed by atoms with Gasteiger partial charge in [-0.3, -0.25) is 9.10 Å². The van der Waals surface area contributed by atoms with Crippen molar-refractivity contribution in [1.29, 1.82) is 0 Å². The number of nitrogens with one attached hydrogen (secondary N) is 2. The minimum atomic E-state index is -3.69. The van der Waals surface area contributed by atoms with Gasteiger partial charge in [0.1, 0.15) is 29.8 Å². The van der Waals surface area contributed by atoms with Gasteiger partial charge >= 0.3 is 0 Å². The van der Waals surface area contributed by atoms with E-state index >= 15 is 0 Å². The molecule has 234 valence electrons. The van der Waals surface area contributed by atoms with E-state index in [0.717, 1.165) is 27.6 Å². The standard InChI is InChI=1S/C31H40F2N4O5S/c1-20(2)43(40,41)37(6)29-13-22(10-11-35-29)30(39)36-27(19-42-26-15-24(32)14-25(33)16-26)28(38)18-34-17-21-8-7-9-23(12-21)31(3,4)5/h7-16,20,27-28,34,38H,17-19H2,1-6H3,(H,36,39)/t27-,28+/m0/s1. The van der Waals surface area contributed by atoms with E-state index in [-0.39, 0.29) is 35.7 Å². The number of aliphatic hydroxyl groups excluding tert-OH is 1. The summed E-state index contributed by atoms with van der Waals surface area (Å²) in [4.78, 5) is 17.3. The summed E-state index contributed by atoms with van der Waals surface area (Å²) in [6, 6.07) is 12.5. The van der Waals surface area contributed by atoms with Crippen LogP contribution in [-0.2, 0) is 22.0 Å². The van der Waals surface area contributed by atoms with Gasteiger partial charge in [0.15, 0.2) is 0 Å². The molecule has 0 spiro atoms. The molecule has 9 nitrogen and oxygen atoms in total. The number of nitrogens with zero attached hydrogens (tertiary/aromatic N) is 2. The molecule has 2 atom stereocenters. The van der Waals surface area contributed by atoms with E-state index in [1.165, 1.54) is 39.2 Å². The number of amides is 1. The van der Waals surface area contributed by atoms with E-state index in [1.807, 2.05) is 12.1 Å². The van der Waals surface area contributed by atoms with Crippen LogP contribution in [0.15, 0.2) is 60.8 Å². The van der Waals surface area contributed by atoms with Crippen LogP contribution in [0.5, 0.6) is 5.75 Å². The Labute approximate surface area is 252 Å². The van der Waals surface area contributed by atoms with Gasteiger partial charge in [-0.2, -0.15) is 0 Å². The van der Waals surface area contributed by atoms with Crippen LogP contribution in [0.1, 0.15) is 56.1 Å². The molecular weight excluding hydrogens is 578 g/mol. The van der Waals surface area contributed by atoms with Crippen molar-refractivity contribution < 1.29 is 31.8 Å². The number of sulfonamides is 1. The van der Waals surface area contributed by atoms with E-state index in [0.29, 0.717) is 12.6 Å². The second kappa shape index (κ2) is 14.2. The number of pyridine rings is 1. The molecule has 0 aliphatic rings. The fraction of sp³-hybridized carbons (Fsp3) is 0.419. The van der Waals surface area contributed by atoms with Crippen molar-refractivity contribution >= 4 is 21.7 Å². The van der Waals surface area contributed by atoms with Crippen molar-refractivity contribution in [2.24, 2.45) is 0 Å². The maximum atomic E-state index is 13.7. The van der Waals surface area contributed by atoms with Gasteiger partial charge in [-0.15, -0.1) is 0 Å². The predicted molar refractivity (Wildman–Crippen MR) is 163 cm³/mol. The van der Waals surface area contributed by atoms with Gasteiger partial charge in [-0.05, 0) is 42.5 Å². The molecule has 0 saturated carbocycles. The van der Waals surface area contributed by atoms with Crippen molar-refractivity contribution in [2.45, 2.75) is 64.0 Å². The third kappa shape index (κ3) is 9.44. The first kappa shape index (κ1) is 33.9. The zero-order valence-corrected chi connectivity index (χ0v) is 26.1. The Hall–Kier alpha value is -3.61. The summed E-state index contributed by atoms with van der Waals surface area (Å²) in [5.74, 6) is -2.36. The Kier molecular flexibility index (Phi) is 11.2. The molecule has 1 aromatic heterocycles. The molecule has 0 saturated heterocycles. The largest absolute Gasteiger partial charge is 0.491 e. The van der Waals surface area contributed by atoms with E-state index in [1.54, 1.807) is 0 Å². The van der Waals surface area contributed by atoms with Crippen LogP contribution in [0.3, 0.4) is 0 Å². The lowest BCUT2D eigenvalue weighted by molar-refractivity contribution is 0.0732. The average Bonchev–Trinajstić information content (AvgIpc) is 2.93. The molecule has 0 fully saturated rings. The third-order valence-corrected chi connectivity index (χ3v) is 8.97. The topological polar surface area (TPSA) is 121 Å². The number of carbonyl (C=O) groups excluding carboxylic acids is 1. The molecule has 43 heavy (non-hydrogen) atoms. The predicted octanol–water partition coefficient (Wildman–Crippen LogP) is 4.16. The summed E-state index contributed by atoms with van der Waals surface area (Å²) >= 11 is 0. The van der Waals surface area contributed by atoms with Gasteiger partial charge in [0, 0.05) is 50.1 Å². The number of benzene rings is 2. The molecule has 1 heterocycles. The van der Waals surface area contributed by atoms with Gasteiger partial charge in [0.25, 0.3) is 5.91 Å². The van der Waals surface area contributed by atoms with Crippen LogP contribution in [0.2, 0.25) is 0 Å². The molecule has 0 radical (unpaired) electrons. The van der Waals surface area contributed by atoms with E-state index < -0.39 is 45.0 Å². The number of hydrogen-bond donors (Lipinski definition) is 3. The Morgan fingerprint density at radius 2 is 1.74 bits per heavy atom. The number of anilines is 1. The first-order chi connectivity index (χ1) is 20.1. The molecule has 3 N–H and O–H groups in total. The highest BCUT2D eigenvalue weighted by Crippen LogP contribution is 2.23. The van der Waals surface area contributed by atoms with Crippen molar-refractivity contribution in [2.75, 3.05) is 24.5 Å². The summed E-state index contributed by atoms with van der Waals surface area (Å²) in [7, 11) is -2.34. The fourth-order valence-corrected chi connectivity index (χ4v) is 5.12. The van der Waals surface area contributed by atoms with Crippen molar-refractivity contribution in [3.05, 3.63) is 89.1 Å². The molecule has 0 aliphatic carbocycles. The van der Waals surface area contributed by atoms with E-state index in [9.17, 15) is 27.1 Å². The number of rotatable bonds is 13. The lowest BCUT2D eigenvalue weighted by Crippen LogP contribution is -2.50. The number of aliphatic hydroxyl groups is 1. The Morgan fingerprint density at radius 1 is 1.07 bits per heavy atom. The van der Waals surface area contributed by atoms with Crippen molar-refractivity contribution in [3.63, 3.8) is 0 Å². The summed E-state index contributed by atoms with van der Waals surface area (Å²) in [6.45, 7) is 9.62. The maximum Gasteiger partial charge on any atom is 0.251 e. The first-order valence-electron chi connectivity index (χ1n) is 13.9. The summed E-state index contributed by atoms with van der Waals surface area (Å²) < 4.78 is 59.2. The SMILES string of the molecule is CC(C)S(=O)(=O)N(C)c1cc(C(=O)N[C@@H](COc2cc(F)cc(F)c2)[C@H](O)CNCc2cccc(C(C)(C)C)c2)ccn1. The highest BCUT2D eigenvalue weighted by molar-refractivity contribution is 7.93. The number of hydrogen-bond acceptors (Lipinski definition) is 7. The van der Waals surface area contributed by atoms with Crippen LogP contribution in [0, 0.1) is 11.6 Å². The third-order valence-electron chi connectivity index (χ3n) is 6.83. The van der Waals surface area contributed by atoms with Crippen molar-refractivity contribution in [1.82, 2.24) is 15.6 Å². The zero-order valence-electron chi connectivity index (χ0n) is 25.3. The van der Waals surface area contributed by atoms with Gasteiger partial charge < -0.3 is 20.5 Å². The molecule has 3 aromatic rings. The van der Waals surface area contributed by atoms with Crippen LogP contribution < -0.4 is 19.7 Å². The molecule has 12 heteroatoms. The monoisotopic (exact) mass is 618 g/mol. The minimum absolute atomic E-state index is 0.0285. The summed E-state index contributed by atoms with van der Waals surface area (Å²) in [6.07, 6.45) is 0.139. The quantitative estimate of drug-likeness (QED) is 0.263. The zero-order chi connectivity index (χ0) is 31.9. The molecular formula is C31H40F2N4O5S. The molecule has 1 amide bonds. The lowest BCUT2D eigenvalue weighted by Gasteiger charge is -2.25. The number of carbonyl (C=O) groups is 1. The van der Waals surface area contributed by atoms with Gasteiger partial charge in [-0.1, -0.05) is 45.0 Å². The molecule has 3 rings (SSSR count). The molecule has 0 bridgehead atoms. The van der Waals surface area contributed by atoms with Crippen LogP contribution >= 0.6 is 0 Å². The van der Waals surface area contributed by atoms with Gasteiger partial charge in [0.2, 0.25) is 10.0 Å². The number of ether oxygens (including phenoxy) is 1. The van der Waals surface area contributed by atoms with Crippen LogP contribution in [0.25, 0.3) is 0 Å². The Balaban J connectivity index is 1.76. The average molecular weight is 619 g/mol. The maximum absolute atomic E-state index is 13.7. The van der Waals surface area contributed by atoms with Crippen LogP contribution in [0.4, 0.5) is 14.6 Å². The van der Waals surface area contributed by atoms with Crippen molar-refractivity contribution in [3.8, 4) is 5.75 Å². The highest BCUT2D eigenvalue weighted by atomic mass is 32.2. The second-order valence-corrected chi connectivity index (χ2v) is 14.1. The number of aromatic nitrogens is 1. The van der Waals surface area contributed by atoms with E-state index in [2.05, 4.69) is 48.5 Å². The molecule has 0 aliphatic heterocycles. The Morgan fingerprint density at radius 3 is 2.37 bits per heavy atom. The first-order valence-corrected chi connectivity index (χ1v) is 15.4. The normalized spacial score (nSPS) is 13.4. The minimum Gasteiger partial charge on any atom is -0.491 e. The van der Waals surface area contributed by atoms with E-state index in [4.69, 9.17) is 4.74 Å². The summed E-state index contributed by atoms with van der Waals surface area (Å²) in [5, 5.41) is 16.2. The highest BCUT2D eigenvalue weighted by Gasteiger charge is 2.26. The van der Waals surface area contributed by atoms with Gasteiger partial charge in [0.05, 0.1) is 17.4 Å². The smallest absolute Gasteiger partial charge is 0.251 e. The second-order valence-electron chi connectivity index (χ2n) is 11.6. The lowest BCUT2D eigenvalue weighted by atomic mass is 9.86. The van der Waals surface area contributed by atoms with Crippen LogP contribution in [-0.4, -0.2) is 62.0 Å². The fourth-order valence-electron chi connectivity index (χ4n) is 4.13. The summed E-state index contributed by atoms with van der Waals surface area (Å²) in [5.41, 5.74) is 2.24. The number of halogens is 2. The Bertz CT molecular complexity index is 1490.